The lowest BCUT2D eigenvalue weighted by Gasteiger charge is -2.25. The summed E-state index contributed by atoms with van der Waals surface area (Å²) in [5.41, 5.74) is 0.309. The molecule has 0 spiro atoms. The summed E-state index contributed by atoms with van der Waals surface area (Å²) in [5, 5.41) is 5.21. The van der Waals surface area contributed by atoms with Crippen LogP contribution in [0.1, 0.15) is 21.5 Å². The van der Waals surface area contributed by atoms with E-state index in [4.69, 9.17) is 23.2 Å². The standard InChI is InChI=1S/C18H15Cl2N3O2/c1-11-7-9-13(10-8-11)15(24)23-18(16(19)20)17(25)21-14(22-18)12-5-3-2-4-6-12/h2-10,16H,1H3,(H,23,24)(H,21,22,25). The van der Waals surface area contributed by atoms with E-state index in [1.807, 2.05) is 25.1 Å². The Balaban J connectivity index is 1.94. The average molecular weight is 376 g/mol. The molecule has 1 atom stereocenters. The first kappa shape index (κ1) is 17.5. The Morgan fingerprint density at radius 3 is 2.36 bits per heavy atom. The molecular weight excluding hydrogens is 361 g/mol. The van der Waals surface area contributed by atoms with Crippen LogP contribution < -0.4 is 10.6 Å². The summed E-state index contributed by atoms with van der Waals surface area (Å²) in [4.78, 5) is 28.1. The van der Waals surface area contributed by atoms with Crippen LogP contribution in [-0.4, -0.2) is 28.1 Å². The van der Waals surface area contributed by atoms with Gasteiger partial charge in [0.2, 0.25) is 5.66 Å². The van der Waals surface area contributed by atoms with Crippen LogP contribution in [0.5, 0.6) is 0 Å². The van der Waals surface area contributed by atoms with Crippen LogP contribution in [0.15, 0.2) is 59.6 Å². The zero-order valence-electron chi connectivity index (χ0n) is 13.3. The van der Waals surface area contributed by atoms with Crippen LogP contribution >= 0.6 is 23.2 Å². The number of rotatable bonds is 4. The second-order valence-corrected chi connectivity index (χ2v) is 6.76. The third-order valence-corrected chi connectivity index (χ3v) is 4.48. The molecule has 2 amide bonds. The maximum atomic E-state index is 12.5. The molecule has 0 radical (unpaired) electrons. The molecule has 1 heterocycles. The van der Waals surface area contributed by atoms with Crippen LogP contribution in [0, 0.1) is 6.92 Å². The van der Waals surface area contributed by atoms with Crippen molar-refractivity contribution in [1.29, 1.82) is 0 Å². The highest BCUT2D eigenvalue weighted by atomic mass is 35.5. The molecule has 2 N–H and O–H groups in total. The lowest BCUT2D eigenvalue weighted by atomic mass is 10.1. The van der Waals surface area contributed by atoms with Crippen molar-refractivity contribution < 1.29 is 9.59 Å². The van der Waals surface area contributed by atoms with Gasteiger partial charge in [0.15, 0.2) is 4.84 Å². The van der Waals surface area contributed by atoms with Gasteiger partial charge in [0.25, 0.3) is 11.8 Å². The minimum Gasteiger partial charge on any atom is -0.318 e. The van der Waals surface area contributed by atoms with E-state index in [-0.39, 0.29) is 0 Å². The van der Waals surface area contributed by atoms with Gasteiger partial charge in [-0.25, -0.2) is 4.99 Å². The van der Waals surface area contributed by atoms with Gasteiger partial charge in [0, 0.05) is 11.1 Å². The van der Waals surface area contributed by atoms with E-state index in [0.29, 0.717) is 17.0 Å². The molecule has 0 bridgehead atoms. The number of nitrogens with one attached hydrogen (secondary N) is 2. The number of hydrogen-bond acceptors (Lipinski definition) is 3. The molecule has 0 fully saturated rings. The number of aliphatic imine (C=N–C) groups is 1. The van der Waals surface area contributed by atoms with Gasteiger partial charge in [-0.05, 0) is 19.1 Å². The van der Waals surface area contributed by atoms with Crippen LogP contribution in [0.25, 0.3) is 0 Å². The molecule has 25 heavy (non-hydrogen) atoms. The highest BCUT2D eigenvalue weighted by Gasteiger charge is 2.50. The molecule has 0 saturated carbocycles. The van der Waals surface area contributed by atoms with E-state index in [2.05, 4.69) is 15.6 Å². The molecule has 1 aliphatic heterocycles. The summed E-state index contributed by atoms with van der Waals surface area (Å²) in [5.74, 6) is -0.762. The van der Waals surface area contributed by atoms with Gasteiger partial charge in [-0.15, -0.1) is 0 Å². The average Bonchev–Trinajstić information content (AvgIpc) is 2.94. The molecule has 5 nitrogen and oxygen atoms in total. The van der Waals surface area contributed by atoms with E-state index >= 15 is 0 Å². The van der Waals surface area contributed by atoms with Gasteiger partial charge < -0.3 is 10.6 Å². The number of amidine groups is 1. The van der Waals surface area contributed by atoms with Gasteiger partial charge >= 0.3 is 0 Å². The molecule has 0 aliphatic carbocycles. The highest BCUT2D eigenvalue weighted by molar-refractivity contribution is 6.47. The van der Waals surface area contributed by atoms with Gasteiger partial charge in [0.1, 0.15) is 5.84 Å². The number of alkyl halides is 2. The Morgan fingerprint density at radius 1 is 1.12 bits per heavy atom. The molecule has 2 aromatic rings. The van der Waals surface area contributed by atoms with Crippen molar-refractivity contribution in [2.45, 2.75) is 17.4 Å². The number of benzene rings is 2. The third kappa shape index (κ3) is 3.38. The molecule has 7 heteroatoms. The summed E-state index contributed by atoms with van der Waals surface area (Å²) >= 11 is 12.1. The number of hydrogen-bond donors (Lipinski definition) is 2. The summed E-state index contributed by atoms with van der Waals surface area (Å²) in [6, 6.07) is 16.0. The largest absolute Gasteiger partial charge is 0.318 e. The van der Waals surface area contributed by atoms with Gasteiger partial charge in [0.05, 0.1) is 0 Å². The molecule has 3 rings (SSSR count). The Morgan fingerprint density at radius 2 is 1.76 bits per heavy atom. The van der Waals surface area contributed by atoms with Crippen molar-refractivity contribution in [1.82, 2.24) is 10.6 Å². The van der Waals surface area contributed by atoms with Crippen molar-refractivity contribution in [3.63, 3.8) is 0 Å². The quantitative estimate of drug-likeness (QED) is 0.806. The van der Waals surface area contributed by atoms with Crippen LogP contribution in [-0.2, 0) is 4.79 Å². The molecule has 0 aromatic heterocycles. The number of carbonyl (C=O) groups excluding carboxylic acids is 2. The fraction of sp³-hybridized carbons (Fsp3) is 0.167. The van der Waals surface area contributed by atoms with E-state index in [1.165, 1.54) is 0 Å². The molecule has 128 valence electrons. The lowest BCUT2D eigenvalue weighted by molar-refractivity contribution is -0.124. The van der Waals surface area contributed by atoms with Gasteiger partial charge in [-0.1, -0.05) is 71.2 Å². The first-order valence-electron chi connectivity index (χ1n) is 7.56. The predicted molar refractivity (Wildman–Crippen MR) is 98.0 cm³/mol. The fourth-order valence-electron chi connectivity index (χ4n) is 2.43. The van der Waals surface area contributed by atoms with Crippen LogP contribution in [0.4, 0.5) is 0 Å². The highest BCUT2D eigenvalue weighted by Crippen LogP contribution is 2.28. The molecular formula is C18H15Cl2N3O2. The second kappa shape index (κ2) is 6.86. The molecule has 1 aliphatic rings. The van der Waals surface area contributed by atoms with Crippen LogP contribution in [0.3, 0.4) is 0 Å². The van der Waals surface area contributed by atoms with Gasteiger partial charge in [-0.3, -0.25) is 9.59 Å². The monoisotopic (exact) mass is 375 g/mol. The molecule has 2 aromatic carbocycles. The Kier molecular flexibility index (Phi) is 4.79. The second-order valence-electron chi connectivity index (χ2n) is 5.67. The number of amides is 2. The van der Waals surface area contributed by atoms with Crippen molar-refractivity contribution in [3.05, 3.63) is 71.3 Å². The fourth-order valence-corrected chi connectivity index (χ4v) is 2.83. The first-order chi connectivity index (χ1) is 11.9. The molecule has 0 saturated heterocycles. The Bertz CT molecular complexity index is 835. The number of halogens is 2. The topological polar surface area (TPSA) is 70.6 Å². The lowest BCUT2D eigenvalue weighted by Crippen LogP contribution is -2.58. The minimum atomic E-state index is -1.78. The van der Waals surface area contributed by atoms with E-state index in [0.717, 1.165) is 5.56 Å². The SMILES string of the molecule is Cc1ccc(C(=O)NC2(C(Cl)Cl)N=C(c3ccccc3)NC2=O)cc1. The van der Waals surface area contributed by atoms with Crippen molar-refractivity contribution in [3.8, 4) is 0 Å². The van der Waals surface area contributed by atoms with Crippen molar-refractivity contribution >= 4 is 40.9 Å². The smallest absolute Gasteiger partial charge is 0.277 e. The predicted octanol–water partition coefficient (Wildman–Crippen LogP) is 2.80. The molecule has 1 unspecified atom stereocenters. The zero-order valence-corrected chi connectivity index (χ0v) is 14.8. The summed E-state index contributed by atoms with van der Waals surface area (Å²) in [7, 11) is 0. The maximum Gasteiger partial charge on any atom is 0.277 e. The number of aryl methyl sites for hydroxylation is 1. The normalized spacial score (nSPS) is 19.5. The Hall–Kier alpha value is -2.37. The maximum absolute atomic E-state index is 12.5. The van der Waals surface area contributed by atoms with Crippen molar-refractivity contribution in [2.24, 2.45) is 4.99 Å². The van der Waals surface area contributed by atoms with Gasteiger partial charge in [-0.2, -0.15) is 0 Å². The summed E-state index contributed by atoms with van der Waals surface area (Å²) in [6.07, 6.45) is 0. The number of nitrogens with zero attached hydrogens (tertiary/aromatic N) is 1. The van der Waals surface area contributed by atoms with Crippen molar-refractivity contribution in [2.75, 3.05) is 0 Å². The van der Waals surface area contributed by atoms with E-state index in [1.54, 1.807) is 36.4 Å². The van der Waals surface area contributed by atoms with E-state index in [9.17, 15) is 9.59 Å². The third-order valence-electron chi connectivity index (χ3n) is 3.85. The Labute approximate surface area is 155 Å². The summed E-state index contributed by atoms with van der Waals surface area (Å²) < 4.78 is 0. The number of carbonyl (C=O) groups is 2. The van der Waals surface area contributed by atoms with Crippen LogP contribution in [0.2, 0.25) is 0 Å². The minimum absolute atomic E-state index is 0.307. The first-order valence-corrected chi connectivity index (χ1v) is 8.44. The van der Waals surface area contributed by atoms with E-state index < -0.39 is 22.3 Å². The zero-order chi connectivity index (χ0) is 18.0. The summed E-state index contributed by atoms with van der Waals surface area (Å²) in [6.45, 7) is 1.91.